The number of aryl methyl sites for hydroxylation is 1. The molecule has 0 saturated heterocycles. The van der Waals surface area contributed by atoms with Gasteiger partial charge in [0.15, 0.2) is 0 Å². The molecule has 0 aliphatic carbocycles. The number of nitrogens with zero attached hydrogens (tertiary/aromatic N) is 2. The predicted molar refractivity (Wildman–Crippen MR) is 54.3 cm³/mol. The standard InChI is InChI=1S/C6H9N.C5H5N/c1-2-7-5-3-4-6-7;1-2-4-6-5-3-1/h3-6H,2H2,1H3;1-5H. The van der Waals surface area contributed by atoms with E-state index in [9.17, 15) is 0 Å². The smallest absolute Gasteiger partial charge is 0.0267 e. The Morgan fingerprint density at radius 1 is 0.923 bits per heavy atom. The van der Waals surface area contributed by atoms with Gasteiger partial charge in [-0.05, 0) is 31.2 Å². The van der Waals surface area contributed by atoms with Gasteiger partial charge in [0.05, 0.1) is 0 Å². The third-order valence-electron chi connectivity index (χ3n) is 1.60. The van der Waals surface area contributed by atoms with Gasteiger partial charge in [-0.15, -0.1) is 0 Å². The summed E-state index contributed by atoms with van der Waals surface area (Å²) in [5, 5.41) is 0. The molecule has 0 spiro atoms. The van der Waals surface area contributed by atoms with Gasteiger partial charge in [0.2, 0.25) is 0 Å². The van der Waals surface area contributed by atoms with E-state index in [1.165, 1.54) is 0 Å². The molecule has 0 saturated carbocycles. The monoisotopic (exact) mass is 174 g/mol. The molecule has 68 valence electrons. The van der Waals surface area contributed by atoms with E-state index in [1.54, 1.807) is 12.4 Å². The zero-order valence-corrected chi connectivity index (χ0v) is 7.80. The maximum absolute atomic E-state index is 3.78. The van der Waals surface area contributed by atoms with Crippen LogP contribution in [0.1, 0.15) is 6.92 Å². The molecule has 2 heteroatoms. The molecule has 2 nitrogen and oxygen atoms in total. The fourth-order valence-corrected chi connectivity index (χ4v) is 0.894. The van der Waals surface area contributed by atoms with Gasteiger partial charge in [-0.25, -0.2) is 0 Å². The van der Waals surface area contributed by atoms with E-state index in [0.717, 1.165) is 6.54 Å². The lowest BCUT2D eigenvalue weighted by molar-refractivity contribution is 0.769. The van der Waals surface area contributed by atoms with Crippen LogP contribution in [0.15, 0.2) is 55.1 Å². The van der Waals surface area contributed by atoms with E-state index in [1.807, 2.05) is 30.3 Å². The molecule has 13 heavy (non-hydrogen) atoms. The van der Waals surface area contributed by atoms with E-state index in [0.29, 0.717) is 0 Å². The first-order chi connectivity index (χ1) is 6.43. The molecule has 2 aromatic rings. The van der Waals surface area contributed by atoms with Crippen LogP contribution in [-0.2, 0) is 6.54 Å². The van der Waals surface area contributed by atoms with Crippen LogP contribution in [0.25, 0.3) is 0 Å². The Morgan fingerprint density at radius 3 is 1.77 bits per heavy atom. The molecule has 0 amide bonds. The van der Waals surface area contributed by atoms with Gasteiger partial charge in [0, 0.05) is 31.3 Å². The Kier molecular flexibility index (Phi) is 4.39. The predicted octanol–water partition coefficient (Wildman–Crippen LogP) is 2.59. The van der Waals surface area contributed by atoms with Crippen LogP contribution in [0.5, 0.6) is 0 Å². The van der Waals surface area contributed by atoms with Gasteiger partial charge in [-0.3, -0.25) is 4.98 Å². The van der Waals surface area contributed by atoms with Gasteiger partial charge < -0.3 is 4.57 Å². The second kappa shape index (κ2) is 6.00. The molecule has 0 aliphatic heterocycles. The topological polar surface area (TPSA) is 17.8 Å². The minimum Gasteiger partial charge on any atom is -0.355 e. The first-order valence-corrected chi connectivity index (χ1v) is 4.39. The van der Waals surface area contributed by atoms with Crippen LogP contribution in [0.4, 0.5) is 0 Å². The molecule has 2 rings (SSSR count). The summed E-state index contributed by atoms with van der Waals surface area (Å²) in [5.41, 5.74) is 0. The minimum atomic E-state index is 1.08. The van der Waals surface area contributed by atoms with Crippen molar-refractivity contribution in [2.24, 2.45) is 0 Å². The second-order valence-electron chi connectivity index (χ2n) is 2.54. The van der Waals surface area contributed by atoms with Gasteiger partial charge in [-0.1, -0.05) is 6.07 Å². The molecule has 0 unspecified atom stereocenters. The molecule has 0 fully saturated rings. The molecule has 0 aliphatic rings. The van der Waals surface area contributed by atoms with E-state index < -0.39 is 0 Å². The number of rotatable bonds is 1. The summed E-state index contributed by atoms with van der Waals surface area (Å²) in [6.07, 6.45) is 7.61. The van der Waals surface area contributed by atoms with Gasteiger partial charge in [0.25, 0.3) is 0 Å². The van der Waals surface area contributed by atoms with Crippen LogP contribution in [0.2, 0.25) is 0 Å². The van der Waals surface area contributed by atoms with Crippen molar-refractivity contribution in [3.8, 4) is 0 Å². The molecule has 2 aromatic heterocycles. The third-order valence-corrected chi connectivity index (χ3v) is 1.60. The van der Waals surface area contributed by atoms with Crippen molar-refractivity contribution in [1.82, 2.24) is 9.55 Å². The molecular weight excluding hydrogens is 160 g/mol. The average Bonchev–Trinajstić information content (AvgIpc) is 2.74. The molecule has 0 radical (unpaired) electrons. The maximum Gasteiger partial charge on any atom is 0.0267 e. The molecule has 0 atom stereocenters. The zero-order valence-electron chi connectivity index (χ0n) is 7.80. The van der Waals surface area contributed by atoms with E-state index in [2.05, 4.69) is 28.9 Å². The van der Waals surface area contributed by atoms with E-state index >= 15 is 0 Å². The fraction of sp³-hybridized carbons (Fsp3) is 0.182. The molecule has 0 aromatic carbocycles. The molecule has 0 N–H and O–H groups in total. The Bertz CT molecular complexity index is 260. The van der Waals surface area contributed by atoms with Crippen LogP contribution in [0.3, 0.4) is 0 Å². The summed E-state index contributed by atoms with van der Waals surface area (Å²) in [4.78, 5) is 3.78. The lowest BCUT2D eigenvalue weighted by atomic mass is 10.5. The van der Waals surface area contributed by atoms with Crippen molar-refractivity contribution in [2.45, 2.75) is 13.5 Å². The Balaban J connectivity index is 0.000000132. The summed E-state index contributed by atoms with van der Waals surface area (Å²) in [6, 6.07) is 9.78. The Morgan fingerprint density at radius 2 is 1.54 bits per heavy atom. The van der Waals surface area contributed by atoms with E-state index in [4.69, 9.17) is 0 Å². The third kappa shape index (κ3) is 4.11. The van der Waals surface area contributed by atoms with E-state index in [-0.39, 0.29) is 0 Å². The largest absolute Gasteiger partial charge is 0.355 e. The van der Waals surface area contributed by atoms with Crippen LogP contribution >= 0.6 is 0 Å². The molecular formula is C11H14N2. The lowest BCUT2D eigenvalue weighted by Gasteiger charge is -1.89. The Labute approximate surface area is 78.9 Å². The summed E-state index contributed by atoms with van der Waals surface area (Å²) in [5.74, 6) is 0. The van der Waals surface area contributed by atoms with Crippen LogP contribution in [-0.4, -0.2) is 9.55 Å². The fourth-order valence-electron chi connectivity index (χ4n) is 0.894. The lowest BCUT2D eigenvalue weighted by Crippen LogP contribution is -1.85. The second-order valence-corrected chi connectivity index (χ2v) is 2.54. The van der Waals surface area contributed by atoms with Crippen molar-refractivity contribution >= 4 is 0 Å². The number of hydrogen-bond donors (Lipinski definition) is 0. The van der Waals surface area contributed by atoms with Crippen molar-refractivity contribution < 1.29 is 0 Å². The van der Waals surface area contributed by atoms with Crippen molar-refractivity contribution in [1.29, 1.82) is 0 Å². The first-order valence-electron chi connectivity index (χ1n) is 4.39. The highest BCUT2D eigenvalue weighted by atomic mass is 14.9. The number of pyridine rings is 1. The highest BCUT2D eigenvalue weighted by Crippen LogP contribution is 1.86. The Hall–Kier alpha value is -1.57. The number of hydrogen-bond acceptors (Lipinski definition) is 1. The van der Waals surface area contributed by atoms with Crippen molar-refractivity contribution in [3.05, 3.63) is 55.1 Å². The zero-order chi connectivity index (χ0) is 9.36. The SMILES string of the molecule is CCn1cccc1.c1ccncc1. The first kappa shape index (κ1) is 9.52. The van der Waals surface area contributed by atoms with Crippen molar-refractivity contribution in [3.63, 3.8) is 0 Å². The summed E-state index contributed by atoms with van der Waals surface area (Å²) < 4.78 is 2.12. The van der Waals surface area contributed by atoms with Gasteiger partial charge in [0.1, 0.15) is 0 Å². The highest BCUT2D eigenvalue weighted by molar-refractivity contribution is 4.89. The highest BCUT2D eigenvalue weighted by Gasteiger charge is 1.75. The molecule has 2 heterocycles. The van der Waals surface area contributed by atoms with Gasteiger partial charge in [-0.2, -0.15) is 0 Å². The van der Waals surface area contributed by atoms with Gasteiger partial charge >= 0.3 is 0 Å². The summed E-state index contributed by atoms with van der Waals surface area (Å²) >= 11 is 0. The minimum absolute atomic E-state index is 1.08. The normalized spacial score (nSPS) is 8.69. The molecule has 0 bridgehead atoms. The van der Waals surface area contributed by atoms with Crippen LogP contribution < -0.4 is 0 Å². The summed E-state index contributed by atoms with van der Waals surface area (Å²) in [7, 11) is 0. The summed E-state index contributed by atoms with van der Waals surface area (Å²) in [6.45, 7) is 3.20. The number of aromatic nitrogens is 2. The average molecular weight is 174 g/mol. The maximum atomic E-state index is 3.78. The van der Waals surface area contributed by atoms with Crippen LogP contribution in [0, 0.1) is 0 Å². The quantitative estimate of drug-likeness (QED) is 0.649. The van der Waals surface area contributed by atoms with Crippen molar-refractivity contribution in [2.75, 3.05) is 0 Å².